The Labute approximate surface area is 155 Å². The Morgan fingerprint density at radius 1 is 1.04 bits per heavy atom. The summed E-state index contributed by atoms with van der Waals surface area (Å²) in [5, 5.41) is 0.453. The summed E-state index contributed by atoms with van der Waals surface area (Å²) in [5.74, 6) is -0.283. The maximum Gasteiger partial charge on any atom is 0.379 e. The maximum absolute atomic E-state index is 12.6. The van der Waals surface area contributed by atoms with Crippen molar-refractivity contribution in [2.45, 2.75) is 4.90 Å². The Bertz CT molecular complexity index is 997. The van der Waals surface area contributed by atoms with E-state index < -0.39 is 16.0 Å². The largest absolute Gasteiger partial charge is 0.457 e. The zero-order valence-corrected chi connectivity index (χ0v) is 15.2. The van der Waals surface area contributed by atoms with Crippen molar-refractivity contribution in [3.05, 3.63) is 77.7 Å². The van der Waals surface area contributed by atoms with Gasteiger partial charge in [-0.3, -0.25) is 4.31 Å². The molecule has 0 aliphatic rings. The van der Waals surface area contributed by atoms with Crippen molar-refractivity contribution in [2.24, 2.45) is 0 Å². The van der Waals surface area contributed by atoms with Crippen LogP contribution in [0.2, 0.25) is 5.02 Å². The van der Waals surface area contributed by atoms with E-state index in [0.29, 0.717) is 10.7 Å². The molecule has 1 aromatic heterocycles. The minimum Gasteiger partial charge on any atom is -0.457 e. The number of ether oxygens (including phenoxy) is 1. The van der Waals surface area contributed by atoms with Crippen LogP contribution in [0.15, 0.2) is 76.2 Å². The lowest BCUT2D eigenvalue weighted by molar-refractivity contribution is 0.0701. The van der Waals surface area contributed by atoms with Crippen LogP contribution in [0.5, 0.6) is 5.75 Å². The Morgan fingerprint density at radius 2 is 1.69 bits per heavy atom. The summed E-state index contributed by atoms with van der Waals surface area (Å²) in [7, 11) is -2.29. The van der Waals surface area contributed by atoms with Gasteiger partial charge < -0.3 is 9.15 Å². The minimum absolute atomic E-state index is 0.0801. The number of sulfonamides is 1. The molecule has 1 heterocycles. The fourth-order valence-corrected chi connectivity index (χ4v) is 3.50. The number of hydrogen-bond acceptors (Lipinski definition) is 5. The highest BCUT2D eigenvalue weighted by Gasteiger charge is 2.21. The Kier molecular flexibility index (Phi) is 5.01. The molecule has 26 heavy (non-hydrogen) atoms. The number of anilines is 1. The Balaban J connectivity index is 1.77. The van der Waals surface area contributed by atoms with Crippen molar-refractivity contribution in [3.63, 3.8) is 0 Å². The van der Waals surface area contributed by atoms with E-state index >= 15 is 0 Å². The fraction of sp³-hybridized carbons (Fsp3) is 0.0556. The van der Waals surface area contributed by atoms with E-state index in [1.807, 2.05) is 0 Å². The number of benzene rings is 2. The van der Waals surface area contributed by atoms with Crippen LogP contribution in [-0.4, -0.2) is 21.4 Å². The van der Waals surface area contributed by atoms with Crippen molar-refractivity contribution >= 4 is 33.3 Å². The summed E-state index contributed by atoms with van der Waals surface area (Å²) in [5.41, 5.74) is 0.415. The van der Waals surface area contributed by atoms with Crippen LogP contribution in [0.4, 0.5) is 5.69 Å². The summed E-state index contributed by atoms with van der Waals surface area (Å²) in [6.07, 6.45) is 1.37. The second kappa shape index (κ2) is 7.23. The number of carbonyl (C=O) groups is 1. The molecule has 0 saturated carbocycles. The van der Waals surface area contributed by atoms with Crippen LogP contribution >= 0.6 is 11.6 Å². The van der Waals surface area contributed by atoms with Gasteiger partial charge in [-0.2, -0.15) is 0 Å². The third kappa shape index (κ3) is 3.74. The smallest absolute Gasteiger partial charge is 0.379 e. The second-order valence-electron chi connectivity index (χ2n) is 5.29. The average Bonchev–Trinajstić information content (AvgIpc) is 3.17. The number of carbonyl (C=O) groups excluding carboxylic acids is 1. The molecule has 8 heteroatoms. The molecule has 0 aliphatic carbocycles. The molecule has 0 spiro atoms. The van der Waals surface area contributed by atoms with Gasteiger partial charge in [-0.15, -0.1) is 0 Å². The van der Waals surface area contributed by atoms with E-state index in [9.17, 15) is 13.2 Å². The lowest BCUT2D eigenvalue weighted by Crippen LogP contribution is -2.26. The lowest BCUT2D eigenvalue weighted by atomic mass is 10.3. The van der Waals surface area contributed by atoms with Gasteiger partial charge in [0.15, 0.2) is 0 Å². The Morgan fingerprint density at radius 3 is 2.27 bits per heavy atom. The number of hydrogen-bond donors (Lipinski definition) is 0. The van der Waals surface area contributed by atoms with E-state index in [-0.39, 0.29) is 16.4 Å². The van der Waals surface area contributed by atoms with E-state index in [0.717, 1.165) is 4.31 Å². The number of esters is 1. The van der Waals surface area contributed by atoms with Crippen molar-refractivity contribution in [3.8, 4) is 5.75 Å². The minimum atomic E-state index is -3.73. The first-order chi connectivity index (χ1) is 12.4. The second-order valence-corrected chi connectivity index (χ2v) is 7.69. The highest BCUT2D eigenvalue weighted by atomic mass is 35.5. The van der Waals surface area contributed by atoms with Crippen LogP contribution in [0, 0.1) is 0 Å². The molecule has 0 unspecified atom stereocenters. The Hall–Kier alpha value is -2.77. The molecular formula is C18H14ClNO5S. The number of rotatable bonds is 5. The van der Waals surface area contributed by atoms with Crippen LogP contribution in [0.3, 0.4) is 0 Å². The van der Waals surface area contributed by atoms with Gasteiger partial charge in [0.1, 0.15) is 5.75 Å². The first-order valence-corrected chi connectivity index (χ1v) is 9.30. The topological polar surface area (TPSA) is 76.8 Å². The summed E-state index contributed by atoms with van der Waals surface area (Å²) in [4.78, 5) is 12.0. The van der Waals surface area contributed by atoms with Gasteiger partial charge in [0.25, 0.3) is 10.0 Å². The third-order valence-corrected chi connectivity index (χ3v) is 5.66. The molecule has 0 amide bonds. The van der Waals surface area contributed by atoms with Crippen molar-refractivity contribution in [2.75, 3.05) is 11.4 Å². The molecule has 2 aromatic carbocycles. The predicted molar refractivity (Wildman–Crippen MR) is 97.1 cm³/mol. The molecular weight excluding hydrogens is 378 g/mol. The van der Waals surface area contributed by atoms with E-state index in [1.165, 1.54) is 67.9 Å². The highest BCUT2D eigenvalue weighted by molar-refractivity contribution is 7.92. The van der Waals surface area contributed by atoms with Crippen molar-refractivity contribution in [1.82, 2.24) is 0 Å². The maximum atomic E-state index is 12.6. The van der Waals surface area contributed by atoms with Gasteiger partial charge in [-0.1, -0.05) is 11.6 Å². The molecule has 0 fully saturated rings. The summed E-state index contributed by atoms with van der Waals surface area (Å²) in [6.45, 7) is 0. The van der Waals surface area contributed by atoms with Crippen LogP contribution in [0.1, 0.15) is 10.6 Å². The molecule has 0 saturated heterocycles. The summed E-state index contributed by atoms with van der Waals surface area (Å²) in [6, 6.07) is 15.1. The van der Waals surface area contributed by atoms with Gasteiger partial charge in [-0.05, 0) is 60.7 Å². The van der Waals surface area contributed by atoms with Gasteiger partial charge in [0.05, 0.1) is 16.8 Å². The third-order valence-electron chi connectivity index (χ3n) is 3.61. The first-order valence-electron chi connectivity index (χ1n) is 7.48. The summed E-state index contributed by atoms with van der Waals surface area (Å²) >= 11 is 5.80. The molecule has 0 aliphatic heterocycles. The zero-order chi connectivity index (χ0) is 18.7. The normalized spacial score (nSPS) is 11.2. The fourth-order valence-electron chi connectivity index (χ4n) is 2.18. The van der Waals surface area contributed by atoms with Crippen molar-refractivity contribution < 1.29 is 22.4 Å². The van der Waals surface area contributed by atoms with Gasteiger partial charge in [0.2, 0.25) is 5.76 Å². The number of halogens is 1. The quantitative estimate of drug-likeness (QED) is 0.485. The van der Waals surface area contributed by atoms with Gasteiger partial charge in [0, 0.05) is 12.1 Å². The molecule has 0 N–H and O–H groups in total. The predicted octanol–water partition coefficient (Wildman–Crippen LogP) is 3.98. The average molecular weight is 392 g/mol. The molecule has 0 bridgehead atoms. The molecule has 134 valence electrons. The SMILES string of the molecule is CN(c1ccc(OC(=O)c2ccco2)cc1)S(=O)(=O)c1ccc(Cl)cc1. The van der Waals surface area contributed by atoms with Crippen LogP contribution in [-0.2, 0) is 10.0 Å². The van der Waals surface area contributed by atoms with Gasteiger partial charge >= 0.3 is 5.97 Å². The van der Waals surface area contributed by atoms with E-state index in [4.69, 9.17) is 20.8 Å². The molecule has 0 radical (unpaired) electrons. The molecule has 3 aromatic rings. The highest BCUT2D eigenvalue weighted by Crippen LogP contribution is 2.25. The lowest BCUT2D eigenvalue weighted by Gasteiger charge is -2.19. The standard InChI is InChI=1S/C18H14ClNO5S/c1-20(26(22,23)16-10-4-13(19)5-11-16)14-6-8-15(9-7-14)25-18(21)17-3-2-12-24-17/h2-12H,1H3. The number of furan rings is 1. The first kappa shape index (κ1) is 18.0. The van der Waals surface area contributed by atoms with E-state index in [1.54, 1.807) is 6.07 Å². The summed E-state index contributed by atoms with van der Waals surface area (Å²) < 4.78 is 36.5. The van der Waals surface area contributed by atoms with Gasteiger partial charge in [-0.25, -0.2) is 13.2 Å². The number of nitrogens with zero attached hydrogens (tertiary/aromatic N) is 1. The molecule has 0 atom stereocenters. The van der Waals surface area contributed by atoms with E-state index in [2.05, 4.69) is 0 Å². The van der Waals surface area contributed by atoms with Crippen molar-refractivity contribution in [1.29, 1.82) is 0 Å². The van der Waals surface area contributed by atoms with Crippen LogP contribution in [0.25, 0.3) is 0 Å². The molecule has 3 rings (SSSR count). The van der Waals surface area contributed by atoms with Crippen LogP contribution < -0.4 is 9.04 Å². The monoisotopic (exact) mass is 391 g/mol. The zero-order valence-electron chi connectivity index (χ0n) is 13.6. The molecule has 6 nitrogen and oxygen atoms in total.